The van der Waals surface area contributed by atoms with E-state index >= 15 is 0 Å². The van der Waals surface area contributed by atoms with Crippen molar-refractivity contribution >= 4 is 0 Å². The van der Waals surface area contributed by atoms with E-state index in [2.05, 4.69) is 44.4 Å². The van der Waals surface area contributed by atoms with E-state index in [1.165, 1.54) is 42.4 Å². The van der Waals surface area contributed by atoms with Crippen LogP contribution in [0.1, 0.15) is 54.8 Å². The minimum absolute atomic E-state index is 0.406. The monoisotopic (exact) mass is 273 g/mol. The summed E-state index contributed by atoms with van der Waals surface area (Å²) in [5.74, 6) is 0.984. The first-order valence-electron chi connectivity index (χ1n) is 7.66. The molecule has 0 heterocycles. The fourth-order valence-corrected chi connectivity index (χ4v) is 3.13. The number of hydrogen-bond acceptors (Lipinski definition) is 2. The summed E-state index contributed by atoms with van der Waals surface area (Å²) in [6.45, 7) is 4.30. The molecule has 0 saturated heterocycles. The Morgan fingerprint density at radius 1 is 1.20 bits per heavy atom. The van der Waals surface area contributed by atoms with Gasteiger partial charge in [-0.2, -0.15) is 0 Å². The van der Waals surface area contributed by atoms with Crippen molar-refractivity contribution < 1.29 is 4.74 Å². The second-order valence-electron chi connectivity index (χ2n) is 5.83. The van der Waals surface area contributed by atoms with Crippen LogP contribution in [0.2, 0.25) is 0 Å². The molecule has 0 radical (unpaired) electrons. The first kappa shape index (κ1) is 15.1. The molecule has 2 heteroatoms. The molecule has 1 aliphatic rings. The Morgan fingerprint density at radius 3 is 2.60 bits per heavy atom. The SMILES string of the molecule is CNC(CC1=CCCCC1)c1cc(C)c(OC)cc1C. The minimum atomic E-state index is 0.406. The molecule has 0 aliphatic heterocycles. The predicted octanol–water partition coefficient (Wildman–Crippen LogP) is 4.46. The van der Waals surface area contributed by atoms with E-state index in [1.54, 1.807) is 12.7 Å². The molecule has 0 amide bonds. The van der Waals surface area contributed by atoms with Crippen LogP contribution in [0.3, 0.4) is 0 Å². The molecule has 0 bridgehead atoms. The van der Waals surface area contributed by atoms with Crippen LogP contribution >= 0.6 is 0 Å². The number of hydrogen-bond donors (Lipinski definition) is 1. The lowest BCUT2D eigenvalue weighted by Gasteiger charge is -2.23. The molecule has 0 aromatic heterocycles. The molecule has 1 aromatic carbocycles. The third kappa shape index (κ3) is 3.43. The highest BCUT2D eigenvalue weighted by atomic mass is 16.5. The maximum Gasteiger partial charge on any atom is 0.122 e. The summed E-state index contributed by atoms with van der Waals surface area (Å²) in [5.41, 5.74) is 5.54. The van der Waals surface area contributed by atoms with Crippen LogP contribution in [-0.2, 0) is 0 Å². The summed E-state index contributed by atoms with van der Waals surface area (Å²) in [4.78, 5) is 0. The highest BCUT2D eigenvalue weighted by Crippen LogP contribution is 2.32. The van der Waals surface area contributed by atoms with E-state index in [4.69, 9.17) is 4.74 Å². The van der Waals surface area contributed by atoms with Gasteiger partial charge in [-0.1, -0.05) is 17.7 Å². The summed E-state index contributed by atoms with van der Waals surface area (Å²) in [6.07, 6.45) is 8.80. The zero-order valence-corrected chi connectivity index (χ0v) is 13.3. The Kier molecular flexibility index (Phi) is 5.24. The fraction of sp³-hybridized carbons (Fsp3) is 0.556. The summed E-state index contributed by atoms with van der Waals surface area (Å²) in [6, 6.07) is 4.84. The first-order chi connectivity index (χ1) is 9.65. The van der Waals surface area contributed by atoms with Crippen molar-refractivity contribution in [3.05, 3.63) is 40.5 Å². The third-order valence-electron chi connectivity index (χ3n) is 4.36. The third-order valence-corrected chi connectivity index (χ3v) is 4.36. The Bertz CT molecular complexity index is 490. The number of nitrogens with one attached hydrogen (secondary N) is 1. The topological polar surface area (TPSA) is 21.3 Å². The van der Waals surface area contributed by atoms with Gasteiger partial charge < -0.3 is 10.1 Å². The largest absolute Gasteiger partial charge is 0.496 e. The van der Waals surface area contributed by atoms with Gasteiger partial charge in [0.15, 0.2) is 0 Å². The predicted molar refractivity (Wildman–Crippen MR) is 85.4 cm³/mol. The summed E-state index contributed by atoms with van der Waals surface area (Å²) >= 11 is 0. The smallest absolute Gasteiger partial charge is 0.122 e. The van der Waals surface area contributed by atoms with E-state index in [9.17, 15) is 0 Å². The molecule has 1 unspecified atom stereocenters. The quantitative estimate of drug-likeness (QED) is 0.800. The lowest BCUT2D eigenvalue weighted by atomic mass is 9.89. The number of aryl methyl sites for hydroxylation is 2. The van der Waals surface area contributed by atoms with Gasteiger partial charge in [0, 0.05) is 6.04 Å². The Balaban J connectivity index is 2.22. The molecule has 20 heavy (non-hydrogen) atoms. The van der Waals surface area contributed by atoms with Crippen molar-refractivity contribution in [2.24, 2.45) is 0 Å². The second-order valence-corrected chi connectivity index (χ2v) is 5.83. The maximum absolute atomic E-state index is 5.41. The number of methoxy groups -OCH3 is 1. The normalized spacial score (nSPS) is 16.7. The summed E-state index contributed by atoms with van der Waals surface area (Å²) in [5, 5.41) is 3.49. The average Bonchev–Trinajstić information content (AvgIpc) is 2.48. The molecule has 2 nitrogen and oxygen atoms in total. The van der Waals surface area contributed by atoms with E-state index in [0.29, 0.717) is 6.04 Å². The van der Waals surface area contributed by atoms with Crippen LogP contribution in [0.4, 0.5) is 0 Å². The molecule has 110 valence electrons. The van der Waals surface area contributed by atoms with Crippen LogP contribution in [0.25, 0.3) is 0 Å². The molecule has 0 fully saturated rings. The lowest BCUT2D eigenvalue weighted by molar-refractivity contribution is 0.410. The maximum atomic E-state index is 5.41. The zero-order chi connectivity index (χ0) is 14.5. The Labute approximate surface area is 123 Å². The van der Waals surface area contributed by atoms with Crippen molar-refractivity contribution in [1.82, 2.24) is 5.32 Å². The highest BCUT2D eigenvalue weighted by Gasteiger charge is 2.16. The van der Waals surface area contributed by atoms with Crippen LogP contribution in [0, 0.1) is 13.8 Å². The summed E-state index contributed by atoms with van der Waals surface area (Å²) < 4.78 is 5.41. The van der Waals surface area contributed by atoms with Gasteiger partial charge in [-0.05, 0) is 75.8 Å². The number of benzene rings is 1. The van der Waals surface area contributed by atoms with Crippen LogP contribution in [0.15, 0.2) is 23.8 Å². The van der Waals surface area contributed by atoms with Gasteiger partial charge in [0.25, 0.3) is 0 Å². The van der Waals surface area contributed by atoms with Crippen molar-refractivity contribution in [2.45, 2.75) is 52.0 Å². The second kappa shape index (κ2) is 6.94. The molecule has 1 N–H and O–H groups in total. The lowest BCUT2D eigenvalue weighted by Crippen LogP contribution is -2.19. The Hall–Kier alpha value is -1.28. The van der Waals surface area contributed by atoms with E-state index in [0.717, 1.165) is 12.2 Å². The van der Waals surface area contributed by atoms with Crippen molar-refractivity contribution in [1.29, 1.82) is 0 Å². The van der Waals surface area contributed by atoms with Crippen LogP contribution in [0.5, 0.6) is 5.75 Å². The van der Waals surface area contributed by atoms with Crippen molar-refractivity contribution in [3.8, 4) is 5.75 Å². The molecule has 1 atom stereocenters. The standard InChI is InChI=1S/C18H27NO/c1-13-11-18(20-4)14(2)10-16(13)17(19-3)12-15-8-6-5-7-9-15/h8,10-11,17,19H,5-7,9,12H2,1-4H3. The zero-order valence-electron chi connectivity index (χ0n) is 13.3. The molecular weight excluding hydrogens is 246 g/mol. The minimum Gasteiger partial charge on any atom is -0.496 e. The number of ether oxygens (including phenoxy) is 1. The van der Waals surface area contributed by atoms with Crippen molar-refractivity contribution in [3.63, 3.8) is 0 Å². The molecule has 0 saturated carbocycles. The van der Waals surface area contributed by atoms with Gasteiger partial charge >= 0.3 is 0 Å². The van der Waals surface area contributed by atoms with Gasteiger partial charge in [-0.3, -0.25) is 0 Å². The summed E-state index contributed by atoms with van der Waals surface area (Å²) in [7, 11) is 3.80. The van der Waals surface area contributed by atoms with E-state index < -0.39 is 0 Å². The molecular formula is C18H27NO. The molecule has 0 spiro atoms. The molecule has 2 rings (SSSR count). The van der Waals surface area contributed by atoms with Crippen LogP contribution < -0.4 is 10.1 Å². The van der Waals surface area contributed by atoms with Crippen LogP contribution in [-0.4, -0.2) is 14.2 Å². The Morgan fingerprint density at radius 2 is 2.00 bits per heavy atom. The van der Waals surface area contributed by atoms with Gasteiger partial charge in [-0.15, -0.1) is 0 Å². The van der Waals surface area contributed by atoms with Gasteiger partial charge in [0.1, 0.15) is 5.75 Å². The number of rotatable bonds is 5. The highest BCUT2D eigenvalue weighted by molar-refractivity contribution is 5.43. The van der Waals surface area contributed by atoms with Gasteiger partial charge in [-0.25, -0.2) is 0 Å². The van der Waals surface area contributed by atoms with Gasteiger partial charge in [0.2, 0.25) is 0 Å². The van der Waals surface area contributed by atoms with E-state index in [1.807, 2.05) is 0 Å². The van der Waals surface area contributed by atoms with E-state index in [-0.39, 0.29) is 0 Å². The fourth-order valence-electron chi connectivity index (χ4n) is 3.13. The molecule has 1 aromatic rings. The van der Waals surface area contributed by atoms with Gasteiger partial charge in [0.05, 0.1) is 7.11 Å². The van der Waals surface area contributed by atoms with Crippen molar-refractivity contribution in [2.75, 3.05) is 14.2 Å². The molecule has 1 aliphatic carbocycles. The average molecular weight is 273 g/mol. The first-order valence-corrected chi connectivity index (χ1v) is 7.66. The number of allylic oxidation sites excluding steroid dienone is 1.